The fourth-order valence-corrected chi connectivity index (χ4v) is 5.33. The minimum atomic E-state index is -0.0281. The molecule has 7 nitrogen and oxygen atoms in total. The first-order valence-electron chi connectivity index (χ1n) is 12.7. The van der Waals surface area contributed by atoms with Crippen LogP contribution >= 0.6 is 11.6 Å². The van der Waals surface area contributed by atoms with Crippen LogP contribution in [0, 0.1) is 11.8 Å². The van der Waals surface area contributed by atoms with Gasteiger partial charge in [0.2, 0.25) is 11.8 Å². The summed E-state index contributed by atoms with van der Waals surface area (Å²) in [6.45, 7) is 4.10. The van der Waals surface area contributed by atoms with Crippen LogP contribution in [0.3, 0.4) is 0 Å². The van der Waals surface area contributed by atoms with Crippen LogP contribution in [0.15, 0.2) is 48.7 Å². The van der Waals surface area contributed by atoms with E-state index in [2.05, 4.69) is 9.88 Å². The van der Waals surface area contributed by atoms with Crippen molar-refractivity contribution >= 4 is 34.8 Å². The highest BCUT2D eigenvalue weighted by molar-refractivity contribution is 6.30. The molecule has 2 aliphatic rings. The van der Waals surface area contributed by atoms with E-state index in [0.29, 0.717) is 10.8 Å². The molecule has 2 saturated heterocycles. The predicted molar refractivity (Wildman–Crippen MR) is 144 cm³/mol. The number of likely N-dealkylation sites (tertiary alicyclic amines) is 2. The molecule has 36 heavy (non-hydrogen) atoms. The summed E-state index contributed by atoms with van der Waals surface area (Å²) in [5.41, 5.74) is 9.01. The molecule has 8 heteroatoms. The number of nitrogens with zero attached hydrogens (tertiary/aromatic N) is 4. The lowest BCUT2D eigenvalue weighted by Gasteiger charge is -2.38. The van der Waals surface area contributed by atoms with E-state index in [0.717, 1.165) is 75.1 Å². The molecule has 2 N–H and O–H groups in total. The molecule has 0 aliphatic carbocycles. The molecular weight excluding hydrogens is 474 g/mol. The molecule has 2 fully saturated rings. The normalized spacial score (nSPS) is 18.3. The van der Waals surface area contributed by atoms with E-state index in [4.69, 9.17) is 17.3 Å². The fraction of sp³-hybridized carbons (Fsp3) is 0.464. The van der Waals surface area contributed by atoms with Crippen LogP contribution in [-0.2, 0) is 16.1 Å². The average molecular weight is 510 g/mol. The molecule has 0 spiro atoms. The summed E-state index contributed by atoms with van der Waals surface area (Å²) >= 11 is 6.09. The Labute approximate surface area is 218 Å². The van der Waals surface area contributed by atoms with Crippen molar-refractivity contribution in [3.63, 3.8) is 0 Å². The molecule has 3 heterocycles. The summed E-state index contributed by atoms with van der Waals surface area (Å²) in [5.74, 6) is 1.11. The quantitative estimate of drug-likeness (QED) is 0.596. The van der Waals surface area contributed by atoms with Gasteiger partial charge in [-0.25, -0.2) is 4.98 Å². The number of nitrogens with two attached hydrogens (primary N) is 1. The first kappa shape index (κ1) is 26.2. The van der Waals surface area contributed by atoms with Gasteiger partial charge in [-0.15, -0.1) is 0 Å². The Hall–Kier alpha value is -2.90. The molecule has 0 atom stereocenters. The second kappa shape index (κ2) is 11.9. The zero-order valence-corrected chi connectivity index (χ0v) is 22.0. The average Bonchev–Trinajstić information content (AvgIpc) is 2.88. The molecule has 192 valence electrons. The SMILES string of the molecule is CN(C)C(=O)/C=C(\c1ccc(Cl)cc1)C1CCN(C(=O)C2CCN(Cc3ccnc(N)c3)CC2)CC1. The number of aromatic nitrogens is 1. The highest BCUT2D eigenvalue weighted by atomic mass is 35.5. The van der Waals surface area contributed by atoms with Gasteiger partial charge >= 0.3 is 0 Å². The Balaban J connectivity index is 1.33. The monoisotopic (exact) mass is 509 g/mol. The molecule has 0 radical (unpaired) electrons. The third kappa shape index (κ3) is 6.65. The number of benzene rings is 1. The van der Waals surface area contributed by atoms with E-state index in [9.17, 15) is 9.59 Å². The number of halogens is 1. The van der Waals surface area contributed by atoms with Crippen LogP contribution in [0.25, 0.3) is 5.57 Å². The van der Waals surface area contributed by atoms with Gasteiger partial charge in [-0.2, -0.15) is 0 Å². The van der Waals surface area contributed by atoms with Gasteiger partial charge in [-0.1, -0.05) is 23.7 Å². The van der Waals surface area contributed by atoms with Gasteiger partial charge in [-0.05, 0) is 85.7 Å². The maximum absolute atomic E-state index is 13.3. The van der Waals surface area contributed by atoms with Crippen molar-refractivity contribution in [3.8, 4) is 0 Å². The van der Waals surface area contributed by atoms with Crippen molar-refractivity contribution in [2.75, 3.05) is 46.0 Å². The van der Waals surface area contributed by atoms with Crippen LogP contribution in [0.1, 0.15) is 36.8 Å². The number of pyridine rings is 1. The minimum absolute atomic E-state index is 0.0281. The summed E-state index contributed by atoms with van der Waals surface area (Å²) in [6, 6.07) is 11.6. The van der Waals surface area contributed by atoms with E-state index >= 15 is 0 Å². The number of piperidine rings is 2. The van der Waals surface area contributed by atoms with Gasteiger partial charge in [-0.3, -0.25) is 14.5 Å². The smallest absolute Gasteiger partial charge is 0.246 e. The Kier molecular flexibility index (Phi) is 8.64. The van der Waals surface area contributed by atoms with Gasteiger partial charge in [0, 0.05) is 56.9 Å². The summed E-state index contributed by atoms with van der Waals surface area (Å²) < 4.78 is 0. The summed E-state index contributed by atoms with van der Waals surface area (Å²) in [7, 11) is 3.52. The largest absolute Gasteiger partial charge is 0.384 e. The van der Waals surface area contributed by atoms with Crippen LogP contribution in [-0.4, -0.2) is 71.8 Å². The zero-order chi connectivity index (χ0) is 25.7. The molecule has 2 aromatic rings. The molecule has 2 aliphatic heterocycles. The third-order valence-electron chi connectivity index (χ3n) is 7.33. The van der Waals surface area contributed by atoms with Gasteiger partial charge in [0.1, 0.15) is 5.82 Å². The Morgan fingerprint density at radius 3 is 2.28 bits per heavy atom. The highest BCUT2D eigenvalue weighted by Gasteiger charge is 2.32. The van der Waals surface area contributed by atoms with E-state index in [1.54, 1.807) is 31.3 Å². The standard InChI is InChI=1S/C28H36ClN5O2/c1-32(2)27(35)18-25(21-3-5-24(29)6-4-21)22-10-15-34(16-11-22)28(36)23-8-13-33(14-9-23)19-20-7-12-31-26(30)17-20/h3-7,12,17-18,22-23H,8-11,13-16,19H2,1-2H3,(H2,30,31)/b25-18+. The first-order valence-corrected chi connectivity index (χ1v) is 13.1. The molecule has 2 amide bonds. The van der Waals surface area contributed by atoms with Crippen molar-refractivity contribution in [3.05, 3.63) is 64.8 Å². The minimum Gasteiger partial charge on any atom is -0.384 e. The number of rotatable bonds is 6. The van der Waals surface area contributed by atoms with Crippen molar-refractivity contribution in [2.45, 2.75) is 32.2 Å². The Morgan fingerprint density at radius 1 is 1.03 bits per heavy atom. The van der Waals surface area contributed by atoms with Gasteiger partial charge in [0.15, 0.2) is 0 Å². The fourth-order valence-electron chi connectivity index (χ4n) is 5.20. The second-order valence-corrected chi connectivity index (χ2v) is 10.5. The van der Waals surface area contributed by atoms with Gasteiger partial charge < -0.3 is 15.5 Å². The lowest BCUT2D eigenvalue weighted by molar-refractivity contribution is -0.138. The van der Waals surface area contributed by atoms with E-state index in [1.165, 1.54) is 0 Å². The van der Waals surface area contributed by atoms with Crippen molar-refractivity contribution in [2.24, 2.45) is 11.8 Å². The summed E-state index contributed by atoms with van der Waals surface area (Å²) in [4.78, 5) is 35.9. The molecule has 0 unspecified atom stereocenters. The van der Waals surface area contributed by atoms with Gasteiger partial charge in [0.05, 0.1) is 0 Å². The second-order valence-electron chi connectivity index (χ2n) is 10.1. The zero-order valence-electron chi connectivity index (χ0n) is 21.2. The predicted octanol–water partition coefficient (Wildman–Crippen LogP) is 3.94. The van der Waals surface area contributed by atoms with E-state index in [-0.39, 0.29) is 23.7 Å². The number of anilines is 1. The lowest BCUT2D eigenvalue weighted by Crippen LogP contribution is -2.45. The molecule has 0 saturated carbocycles. The molecule has 1 aromatic heterocycles. The number of hydrogen-bond donors (Lipinski definition) is 1. The van der Waals surface area contributed by atoms with Gasteiger partial charge in [0.25, 0.3) is 0 Å². The maximum Gasteiger partial charge on any atom is 0.246 e. The highest BCUT2D eigenvalue weighted by Crippen LogP contribution is 2.34. The Bertz CT molecular complexity index is 1090. The van der Waals surface area contributed by atoms with Crippen LogP contribution in [0.4, 0.5) is 5.82 Å². The summed E-state index contributed by atoms with van der Waals surface area (Å²) in [5, 5.41) is 0.674. The summed E-state index contributed by atoms with van der Waals surface area (Å²) in [6.07, 6.45) is 6.96. The number of nitrogen functional groups attached to an aromatic ring is 1. The number of allylic oxidation sites excluding steroid dienone is 1. The van der Waals surface area contributed by atoms with E-state index in [1.807, 2.05) is 41.3 Å². The van der Waals surface area contributed by atoms with Crippen molar-refractivity contribution in [1.82, 2.24) is 19.7 Å². The first-order chi connectivity index (χ1) is 17.3. The molecular formula is C28H36ClN5O2. The number of hydrogen-bond acceptors (Lipinski definition) is 5. The molecule has 4 rings (SSSR count). The third-order valence-corrected chi connectivity index (χ3v) is 7.58. The number of likely N-dealkylation sites (N-methyl/N-ethyl adjacent to an activating group) is 1. The maximum atomic E-state index is 13.3. The topological polar surface area (TPSA) is 82.8 Å². The van der Waals surface area contributed by atoms with Crippen molar-refractivity contribution in [1.29, 1.82) is 0 Å². The van der Waals surface area contributed by atoms with Crippen LogP contribution in [0.5, 0.6) is 0 Å². The molecule has 0 bridgehead atoms. The number of carbonyl (C=O) groups is 2. The van der Waals surface area contributed by atoms with Crippen LogP contribution < -0.4 is 5.73 Å². The Morgan fingerprint density at radius 2 is 1.67 bits per heavy atom. The van der Waals surface area contributed by atoms with Crippen molar-refractivity contribution < 1.29 is 9.59 Å². The number of amides is 2. The number of carbonyl (C=O) groups excluding carboxylic acids is 2. The van der Waals surface area contributed by atoms with E-state index < -0.39 is 0 Å². The lowest BCUT2D eigenvalue weighted by atomic mass is 9.84. The van der Waals surface area contributed by atoms with Crippen LogP contribution in [0.2, 0.25) is 5.02 Å². The molecule has 1 aromatic carbocycles.